The van der Waals surface area contributed by atoms with Gasteiger partial charge in [0.1, 0.15) is 5.52 Å². The molecule has 1 fully saturated rings. The van der Waals surface area contributed by atoms with E-state index in [4.69, 9.17) is 15.3 Å². The lowest BCUT2D eigenvalue weighted by Gasteiger charge is -2.22. The van der Waals surface area contributed by atoms with Crippen molar-refractivity contribution in [2.24, 2.45) is 5.84 Å². The number of nitrogens with zero attached hydrogens (tertiary/aromatic N) is 3. The second-order valence-electron chi connectivity index (χ2n) is 6.13. The van der Waals surface area contributed by atoms with Gasteiger partial charge in [0, 0.05) is 11.1 Å². The van der Waals surface area contributed by atoms with Crippen LogP contribution in [0.25, 0.3) is 22.4 Å². The highest BCUT2D eigenvalue weighted by Crippen LogP contribution is 2.37. The summed E-state index contributed by atoms with van der Waals surface area (Å²) in [6.45, 7) is 4.92. The van der Waals surface area contributed by atoms with Crippen molar-refractivity contribution < 1.29 is 13.4 Å². The van der Waals surface area contributed by atoms with E-state index >= 15 is 0 Å². The largest absolute Gasteiger partial charge is 0.344 e. The summed E-state index contributed by atoms with van der Waals surface area (Å²) < 4.78 is 26.5. The van der Waals surface area contributed by atoms with Gasteiger partial charge in [-0.1, -0.05) is 24.3 Å². The van der Waals surface area contributed by atoms with Crippen LogP contribution in [0, 0.1) is 6.92 Å². The molecule has 1 aliphatic rings. The summed E-state index contributed by atoms with van der Waals surface area (Å²) in [7, 11) is 0. The molecule has 0 bridgehead atoms. The maximum absolute atomic E-state index is 13.7. The second kappa shape index (κ2) is 6.51. The fourth-order valence-electron chi connectivity index (χ4n) is 3.24. The van der Waals surface area contributed by atoms with Crippen molar-refractivity contribution in [3.63, 3.8) is 0 Å². The number of aromatic nitrogens is 3. The summed E-state index contributed by atoms with van der Waals surface area (Å²) in [6.07, 6.45) is 1.47. The number of rotatable bonds is 4. The van der Waals surface area contributed by atoms with Crippen LogP contribution in [-0.2, 0) is 15.3 Å². The number of nitrogens with two attached hydrogens (primary N) is 1. The van der Waals surface area contributed by atoms with Crippen LogP contribution in [0.4, 0.5) is 9.70 Å². The normalized spacial score (nSPS) is 16.3. The molecule has 9 heteroatoms. The number of hydrazine groups is 1. The minimum absolute atomic E-state index is 0.0959. The van der Waals surface area contributed by atoms with Gasteiger partial charge in [0.05, 0.1) is 25.1 Å². The SMILES string of the molecule is Cc1c(-c2ccc(C3(C)OCCO3)cc2)n(SF)c2ncc(NN)nc12. The van der Waals surface area contributed by atoms with Gasteiger partial charge in [-0.15, -0.1) is 3.89 Å². The Morgan fingerprint density at radius 3 is 2.58 bits per heavy atom. The molecule has 0 unspecified atom stereocenters. The van der Waals surface area contributed by atoms with E-state index in [1.165, 1.54) is 10.2 Å². The zero-order valence-corrected chi connectivity index (χ0v) is 15.1. The molecule has 26 heavy (non-hydrogen) atoms. The Kier molecular flexibility index (Phi) is 4.31. The quantitative estimate of drug-likeness (QED) is 0.534. The first-order valence-electron chi connectivity index (χ1n) is 8.10. The van der Waals surface area contributed by atoms with E-state index in [9.17, 15) is 3.89 Å². The van der Waals surface area contributed by atoms with Crippen molar-refractivity contribution in [2.45, 2.75) is 19.6 Å². The minimum Gasteiger partial charge on any atom is -0.344 e. The first-order chi connectivity index (χ1) is 12.6. The number of hydrogen-bond acceptors (Lipinski definition) is 7. The third-order valence-corrected chi connectivity index (χ3v) is 5.09. The monoisotopic (exact) mass is 375 g/mol. The molecule has 0 atom stereocenters. The average Bonchev–Trinajstić information content (AvgIpc) is 3.24. The van der Waals surface area contributed by atoms with Crippen molar-refractivity contribution in [1.29, 1.82) is 0 Å². The molecule has 0 saturated carbocycles. The molecule has 1 saturated heterocycles. The topological polar surface area (TPSA) is 87.2 Å². The molecule has 7 nitrogen and oxygen atoms in total. The van der Waals surface area contributed by atoms with E-state index in [0.717, 1.165) is 16.7 Å². The summed E-state index contributed by atoms with van der Waals surface area (Å²) in [5, 5.41) is 0. The van der Waals surface area contributed by atoms with E-state index in [1.54, 1.807) is 0 Å². The van der Waals surface area contributed by atoms with Crippen molar-refractivity contribution in [2.75, 3.05) is 18.6 Å². The maximum Gasteiger partial charge on any atom is 0.192 e. The van der Waals surface area contributed by atoms with Gasteiger partial charge in [0.2, 0.25) is 0 Å². The number of benzene rings is 1. The Morgan fingerprint density at radius 2 is 1.96 bits per heavy atom. The fourth-order valence-corrected chi connectivity index (χ4v) is 3.75. The number of anilines is 1. The van der Waals surface area contributed by atoms with Crippen LogP contribution in [-0.4, -0.2) is 27.2 Å². The Bertz CT molecular complexity index is 954. The molecule has 136 valence electrons. The summed E-state index contributed by atoms with van der Waals surface area (Å²) in [5.74, 6) is 5.09. The first kappa shape index (κ1) is 17.2. The highest BCUT2D eigenvalue weighted by Gasteiger charge is 2.33. The Morgan fingerprint density at radius 1 is 1.27 bits per heavy atom. The molecule has 1 aromatic carbocycles. The summed E-state index contributed by atoms with van der Waals surface area (Å²) >= 11 is 0.0959. The maximum atomic E-state index is 13.7. The van der Waals surface area contributed by atoms with Crippen LogP contribution >= 0.6 is 12.3 Å². The predicted octanol–water partition coefficient (Wildman–Crippen LogP) is 3.29. The van der Waals surface area contributed by atoms with E-state index < -0.39 is 5.79 Å². The van der Waals surface area contributed by atoms with Gasteiger partial charge in [-0.05, 0) is 19.4 Å². The third kappa shape index (κ3) is 2.64. The van der Waals surface area contributed by atoms with Crippen LogP contribution in [0.15, 0.2) is 30.5 Å². The molecular formula is C17H18FN5O2S. The zero-order chi connectivity index (χ0) is 18.3. The molecule has 1 aliphatic heterocycles. The van der Waals surface area contributed by atoms with E-state index in [2.05, 4.69) is 15.4 Å². The average molecular weight is 375 g/mol. The summed E-state index contributed by atoms with van der Waals surface area (Å²) in [6, 6.07) is 7.70. The van der Waals surface area contributed by atoms with Crippen LogP contribution < -0.4 is 11.3 Å². The van der Waals surface area contributed by atoms with Crippen LogP contribution in [0.1, 0.15) is 18.1 Å². The van der Waals surface area contributed by atoms with E-state index in [0.29, 0.717) is 35.9 Å². The Hall–Kier alpha value is -2.20. The molecule has 4 rings (SSSR count). The Balaban J connectivity index is 1.82. The van der Waals surface area contributed by atoms with Crippen LogP contribution in [0.5, 0.6) is 0 Å². The van der Waals surface area contributed by atoms with E-state index in [-0.39, 0.29) is 12.3 Å². The lowest BCUT2D eigenvalue weighted by molar-refractivity contribution is -0.149. The standard InChI is InChI=1S/C17H18FN5O2S/c1-10-14-16(20-9-13(21-14)22-19)23(26-18)15(10)11-3-5-12(6-4-11)17(2)24-7-8-25-17/h3-6,9H,7-8,19H2,1-2H3,(H,21,22). The number of fused-ring (bicyclic) bond motifs is 1. The molecule has 0 amide bonds. The van der Waals surface area contributed by atoms with Gasteiger partial charge >= 0.3 is 0 Å². The molecule has 3 heterocycles. The predicted molar refractivity (Wildman–Crippen MR) is 98.9 cm³/mol. The highest BCUT2D eigenvalue weighted by atomic mass is 32.2. The summed E-state index contributed by atoms with van der Waals surface area (Å²) in [5.41, 5.74) is 6.79. The van der Waals surface area contributed by atoms with Crippen LogP contribution in [0.3, 0.4) is 0 Å². The van der Waals surface area contributed by atoms with Gasteiger partial charge in [-0.2, -0.15) is 0 Å². The van der Waals surface area contributed by atoms with Gasteiger partial charge in [-0.25, -0.2) is 19.8 Å². The smallest absolute Gasteiger partial charge is 0.192 e. The van der Waals surface area contributed by atoms with Gasteiger partial charge in [0.15, 0.2) is 29.6 Å². The van der Waals surface area contributed by atoms with Crippen molar-refractivity contribution in [3.05, 3.63) is 41.6 Å². The number of nitrogen functional groups attached to an aromatic ring is 1. The molecule has 3 N–H and O–H groups in total. The number of hydrogen-bond donors (Lipinski definition) is 2. The summed E-state index contributed by atoms with van der Waals surface area (Å²) in [4.78, 5) is 8.68. The highest BCUT2D eigenvalue weighted by molar-refractivity contribution is 7.93. The third-order valence-electron chi connectivity index (χ3n) is 4.60. The lowest BCUT2D eigenvalue weighted by Crippen LogP contribution is -2.22. The molecule has 2 aromatic heterocycles. The molecule has 0 spiro atoms. The minimum atomic E-state index is -0.736. The van der Waals surface area contributed by atoms with Crippen molar-refractivity contribution in [1.82, 2.24) is 13.9 Å². The zero-order valence-electron chi connectivity index (χ0n) is 14.3. The van der Waals surface area contributed by atoms with Crippen LogP contribution in [0.2, 0.25) is 0 Å². The van der Waals surface area contributed by atoms with Gasteiger partial charge < -0.3 is 14.9 Å². The molecular weight excluding hydrogens is 357 g/mol. The van der Waals surface area contributed by atoms with Crippen molar-refractivity contribution >= 4 is 29.3 Å². The van der Waals surface area contributed by atoms with Gasteiger partial charge in [0.25, 0.3) is 0 Å². The Labute approximate surface area is 154 Å². The lowest BCUT2D eigenvalue weighted by atomic mass is 10.0. The van der Waals surface area contributed by atoms with Gasteiger partial charge in [-0.3, -0.25) is 0 Å². The second-order valence-corrected chi connectivity index (χ2v) is 6.63. The van der Waals surface area contributed by atoms with Crippen molar-refractivity contribution in [3.8, 4) is 11.3 Å². The molecule has 0 aliphatic carbocycles. The first-order valence-corrected chi connectivity index (χ1v) is 8.77. The molecule has 3 aromatic rings. The van der Waals surface area contributed by atoms with E-state index in [1.807, 2.05) is 38.1 Å². The molecule has 0 radical (unpaired) electrons. The number of halogens is 1. The number of aryl methyl sites for hydroxylation is 1. The number of ether oxygens (including phenoxy) is 2. The fraction of sp³-hybridized carbons (Fsp3) is 0.294. The number of nitrogens with one attached hydrogen (secondary N) is 1.